The quantitative estimate of drug-likeness (QED) is 0.290. The second-order valence-corrected chi connectivity index (χ2v) is 6.61. The van der Waals surface area contributed by atoms with Gasteiger partial charge in [-0.2, -0.15) is 5.23 Å². The normalized spacial score (nSPS) is 11.8. The monoisotopic (exact) mass is 419 g/mol. The summed E-state index contributed by atoms with van der Waals surface area (Å²) >= 11 is 0. The van der Waals surface area contributed by atoms with E-state index in [0.717, 1.165) is 0 Å². The van der Waals surface area contributed by atoms with Crippen LogP contribution in [0.5, 0.6) is 11.5 Å². The molecule has 0 saturated heterocycles. The SMILES string of the molecule is COc1ccccc1-c1coc2cc(OC(=O)c3ccc([NH+]([O-])O)cc3)ccc2c1=O. The summed E-state index contributed by atoms with van der Waals surface area (Å²) in [5.41, 5.74) is 1.24. The molecule has 0 spiro atoms. The van der Waals surface area contributed by atoms with Crippen LogP contribution in [0, 0.1) is 5.21 Å². The van der Waals surface area contributed by atoms with E-state index in [2.05, 4.69) is 0 Å². The van der Waals surface area contributed by atoms with E-state index in [1.807, 2.05) is 0 Å². The lowest BCUT2D eigenvalue weighted by Crippen LogP contribution is -2.99. The minimum absolute atomic E-state index is 0.0647. The Hall–Kier alpha value is -3.98. The van der Waals surface area contributed by atoms with Crippen LogP contribution in [0.3, 0.4) is 0 Å². The van der Waals surface area contributed by atoms with Crippen LogP contribution in [-0.2, 0) is 0 Å². The third-order valence-electron chi connectivity index (χ3n) is 4.72. The molecular weight excluding hydrogens is 402 g/mol. The number of rotatable bonds is 5. The number of methoxy groups -OCH3 is 1. The van der Waals surface area contributed by atoms with E-state index in [9.17, 15) is 14.8 Å². The molecule has 156 valence electrons. The number of ether oxygens (including phenoxy) is 2. The first-order valence-corrected chi connectivity index (χ1v) is 9.22. The molecule has 0 bridgehead atoms. The highest BCUT2D eigenvalue weighted by Crippen LogP contribution is 2.29. The van der Waals surface area contributed by atoms with Crippen molar-refractivity contribution in [3.05, 3.63) is 94.0 Å². The van der Waals surface area contributed by atoms with Crippen molar-refractivity contribution in [2.45, 2.75) is 0 Å². The Labute approximate surface area is 176 Å². The maximum absolute atomic E-state index is 13.0. The Balaban J connectivity index is 1.63. The van der Waals surface area contributed by atoms with E-state index in [4.69, 9.17) is 19.1 Å². The van der Waals surface area contributed by atoms with Gasteiger partial charge in [0.2, 0.25) is 5.43 Å². The molecule has 1 atom stereocenters. The Kier molecular flexibility index (Phi) is 5.50. The molecule has 1 aromatic heterocycles. The summed E-state index contributed by atoms with van der Waals surface area (Å²) in [6.07, 6.45) is 1.35. The number of benzene rings is 3. The zero-order chi connectivity index (χ0) is 22.0. The summed E-state index contributed by atoms with van der Waals surface area (Å²) in [5, 5.41) is 19.1. The highest BCUT2D eigenvalue weighted by molar-refractivity contribution is 5.92. The molecule has 1 heterocycles. The first-order valence-electron chi connectivity index (χ1n) is 9.22. The van der Waals surface area contributed by atoms with Crippen LogP contribution in [0.4, 0.5) is 5.69 Å². The third kappa shape index (κ3) is 4.03. The van der Waals surface area contributed by atoms with Crippen molar-refractivity contribution in [1.29, 1.82) is 0 Å². The molecule has 8 heteroatoms. The van der Waals surface area contributed by atoms with Crippen molar-refractivity contribution in [1.82, 2.24) is 0 Å². The molecular formula is C23H17NO7. The lowest BCUT2D eigenvalue weighted by atomic mass is 10.0. The van der Waals surface area contributed by atoms with Crippen LogP contribution in [0.25, 0.3) is 22.1 Å². The largest absolute Gasteiger partial charge is 0.595 e. The van der Waals surface area contributed by atoms with Gasteiger partial charge >= 0.3 is 5.97 Å². The van der Waals surface area contributed by atoms with Gasteiger partial charge in [-0.15, -0.1) is 0 Å². The fraction of sp³-hybridized carbons (Fsp3) is 0.0435. The average molecular weight is 419 g/mol. The van der Waals surface area contributed by atoms with E-state index in [1.54, 1.807) is 24.3 Å². The average Bonchev–Trinajstić information content (AvgIpc) is 2.79. The first-order chi connectivity index (χ1) is 15.0. The van der Waals surface area contributed by atoms with Gasteiger partial charge in [0.25, 0.3) is 0 Å². The Bertz CT molecular complexity index is 1310. The lowest BCUT2D eigenvalue weighted by molar-refractivity contribution is -0.991. The molecule has 31 heavy (non-hydrogen) atoms. The van der Waals surface area contributed by atoms with Gasteiger partial charge in [0.15, 0.2) is 5.69 Å². The van der Waals surface area contributed by atoms with Gasteiger partial charge in [0.05, 0.1) is 23.6 Å². The minimum atomic E-state index is -1.09. The Morgan fingerprint density at radius 1 is 1.03 bits per heavy atom. The van der Waals surface area contributed by atoms with Gasteiger partial charge in [0.1, 0.15) is 23.3 Å². The summed E-state index contributed by atoms with van der Waals surface area (Å²) < 4.78 is 16.3. The van der Waals surface area contributed by atoms with E-state index in [0.29, 0.717) is 22.3 Å². The number of hydrogen-bond acceptors (Lipinski definition) is 7. The number of esters is 1. The number of quaternary nitrogens is 1. The molecule has 4 aromatic rings. The van der Waals surface area contributed by atoms with Gasteiger partial charge in [-0.05, 0) is 30.3 Å². The highest BCUT2D eigenvalue weighted by atomic mass is 16.8. The third-order valence-corrected chi connectivity index (χ3v) is 4.72. The maximum Gasteiger partial charge on any atom is 0.343 e. The maximum atomic E-state index is 13.0. The van der Waals surface area contributed by atoms with Crippen molar-refractivity contribution in [3.8, 4) is 22.6 Å². The van der Waals surface area contributed by atoms with Crippen molar-refractivity contribution in [3.63, 3.8) is 0 Å². The van der Waals surface area contributed by atoms with E-state index < -0.39 is 11.2 Å². The van der Waals surface area contributed by atoms with Gasteiger partial charge in [-0.25, -0.2) is 10.0 Å². The molecule has 2 N–H and O–H groups in total. The molecule has 4 rings (SSSR count). The molecule has 0 fully saturated rings. The number of carbonyl (C=O) groups excluding carboxylic acids is 1. The zero-order valence-electron chi connectivity index (χ0n) is 16.3. The van der Waals surface area contributed by atoms with Crippen LogP contribution in [-0.4, -0.2) is 18.3 Å². The number of hydrogen-bond donors (Lipinski definition) is 2. The first kappa shape index (κ1) is 20.3. The van der Waals surface area contributed by atoms with Crippen LogP contribution >= 0.6 is 0 Å². The van der Waals surface area contributed by atoms with Crippen molar-refractivity contribution in [2.75, 3.05) is 7.11 Å². The molecule has 0 saturated carbocycles. The number of para-hydroxylation sites is 1. The fourth-order valence-electron chi connectivity index (χ4n) is 3.14. The van der Waals surface area contributed by atoms with Crippen LogP contribution in [0.15, 0.2) is 82.2 Å². The van der Waals surface area contributed by atoms with Gasteiger partial charge in [-0.1, -0.05) is 18.2 Å². The van der Waals surface area contributed by atoms with E-state index in [-0.39, 0.29) is 28.0 Å². The van der Waals surface area contributed by atoms with Gasteiger partial charge in [-0.3, -0.25) is 4.79 Å². The van der Waals surface area contributed by atoms with Crippen molar-refractivity contribution in [2.24, 2.45) is 0 Å². The molecule has 0 amide bonds. The Morgan fingerprint density at radius 2 is 1.77 bits per heavy atom. The molecule has 0 aliphatic heterocycles. The minimum Gasteiger partial charge on any atom is -0.595 e. The standard InChI is InChI=1S/C23H17NO7/c1-29-20-5-3-2-4-17(20)19-13-30-21-12-16(10-11-18(21)22(19)25)31-23(26)14-6-8-15(9-7-14)24(27)28/h2-13,24,27H,1H3. The molecule has 0 radical (unpaired) electrons. The van der Waals surface area contributed by atoms with Crippen molar-refractivity contribution < 1.29 is 29.1 Å². The van der Waals surface area contributed by atoms with E-state index in [1.165, 1.54) is 55.8 Å². The van der Waals surface area contributed by atoms with Crippen LogP contribution < -0.4 is 20.1 Å². The molecule has 8 nitrogen and oxygen atoms in total. The van der Waals surface area contributed by atoms with Gasteiger partial charge in [0, 0.05) is 23.8 Å². The van der Waals surface area contributed by atoms with E-state index >= 15 is 0 Å². The molecule has 0 aliphatic carbocycles. The lowest BCUT2D eigenvalue weighted by Gasteiger charge is -2.11. The second-order valence-electron chi connectivity index (χ2n) is 6.61. The van der Waals surface area contributed by atoms with Crippen LogP contribution in [0.2, 0.25) is 0 Å². The Morgan fingerprint density at radius 3 is 2.48 bits per heavy atom. The predicted octanol–water partition coefficient (Wildman–Crippen LogP) is 3.09. The summed E-state index contributed by atoms with van der Waals surface area (Å²) in [7, 11) is 1.53. The number of nitrogens with one attached hydrogen (secondary N) is 1. The van der Waals surface area contributed by atoms with Crippen LogP contribution in [0.1, 0.15) is 10.4 Å². The summed E-state index contributed by atoms with van der Waals surface area (Å²) in [4.78, 5) is 25.3. The highest BCUT2D eigenvalue weighted by Gasteiger charge is 2.15. The van der Waals surface area contributed by atoms with Crippen molar-refractivity contribution >= 4 is 22.6 Å². The predicted molar refractivity (Wildman–Crippen MR) is 112 cm³/mol. The molecule has 3 aromatic carbocycles. The van der Waals surface area contributed by atoms with Gasteiger partial charge < -0.3 is 19.1 Å². The summed E-state index contributed by atoms with van der Waals surface area (Å²) in [5.74, 6) is 0.0749. The number of fused-ring (bicyclic) bond motifs is 1. The zero-order valence-corrected chi connectivity index (χ0v) is 16.3. The molecule has 0 aliphatic rings. The topological polar surface area (TPSA) is 113 Å². The fourth-order valence-corrected chi connectivity index (χ4v) is 3.14. The smallest absolute Gasteiger partial charge is 0.343 e. The summed E-state index contributed by atoms with van der Waals surface area (Å²) in [6, 6.07) is 17.0. The summed E-state index contributed by atoms with van der Waals surface area (Å²) in [6.45, 7) is 0. The number of carbonyl (C=O) groups is 1. The second kappa shape index (κ2) is 8.41. The molecule has 1 unspecified atom stereocenters.